The SMILES string of the molecule is CCOC(=O)N1CCN(C(=O)c2ccc(C)nc2C2CCN(C(=O)CNC(=O)C=Cc3ccco3)CC2)CC1. The first-order valence-corrected chi connectivity index (χ1v) is 13.3. The second-order valence-corrected chi connectivity index (χ2v) is 9.59. The van der Waals surface area contributed by atoms with E-state index in [0.717, 1.165) is 11.4 Å². The first-order valence-electron chi connectivity index (χ1n) is 13.3. The van der Waals surface area contributed by atoms with Crippen LogP contribution in [0.2, 0.25) is 0 Å². The molecule has 208 valence electrons. The number of likely N-dealkylation sites (tertiary alicyclic amines) is 1. The average molecular weight is 538 g/mol. The summed E-state index contributed by atoms with van der Waals surface area (Å²) in [6, 6.07) is 7.13. The Morgan fingerprint density at radius 2 is 1.74 bits per heavy atom. The molecule has 2 aliphatic heterocycles. The van der Waals surface area contributed by atoms with Gasteiger partial charge in [0.2, 0.25) is 11.8 Å². The van der Waals surface area contributed by atoms with Crippen LogP contribution >= 0.6 is 0 Å². The lowest BCUT2D eigenvalue weighted by atomic mass is 9.89. The van der Waals surface area contributed by atoms with Gasteiger partial charge >= 0.3 is 6.09 Å². The van der Waals surface area contributed by atoms with Crippen LogP contribution in [0.5, 0.6) is 0 Å². The fraction of sp³-hybridized carbons (Fsp3) is 0.464. The third kappa shape index (κ3) is 7.24. The molecule has 4 rings (SSSR count). The number of hydrogen-bond donors (Lipinski definition) is 1. The van der Waals surface area contributed by atoms with E-state index < -0.39 is 0 Å². The number of amides is 4. The van der Waals surface area contributed by atoms with Crippen molar-refractivity contribution in [2.75, 3.05) is 52.4 Å². The van der Waals surface area contributed by atoms with E-state index in [1.165, 1.54) is 12.3 Å². The summed E-state index contributed by atoms with van der Waals surface area (Å²) in [5, 5.41) is 2.62. The molecule has 0 spiro atoms. The smallest absolute Gasteiger partial charge is 0.409 e. The first-order chi connectivity index (χ1) is 18.9. The maximum atomic E-state index is 13.5. The van der Waals surface area contributed by atoms with Crippen LogP contribution in [0.4, 0.5) is 4.79 Å². The highest BCUT2D eigenvalue weighted by Gasteiger charge is 2.31. The van der Waals surface area contributed by atoms with Gasteiger partial charge in [0.25, 0.3) is 5.91 Å². The molecular formula is C28H35N5O6. The molecule has 1 N–H and O–H groups in total. The molecule has 0 radical (unpaired) electrons. The maximum absolute atomic E-state index is 13.5. The van der Waals surface area contributed by atoms with Gasteiger partial charge in [-0.2, -0.15) is 0 Å². The number of piperazine rings is 1. The van der Waals surface area contributed by atoms with Crippen LogP contribution in [0.25, 0.3) is 6.08 Å². The standard InChI is InChI=1S/C28H35N5O6/c1-3-38-28(37)33-16-14-32(15-17-33)27(36)23-8-6-20(2)30-26(23)21-10-12-31(13-11-21)25(35)19-29-24(34)9-7-22-5-4-18-39-22/h4-9,18,21H,3,10-17,19H2,1-2H3,(H,29,34). The van der Waals surface area contributed by atoms with Crippen molar-refractivity contribution in [1.29, 1.82) is 0 Å². The lowest BCUT2D eigenvalue weighted by Crippen LogP contribution is -2.51. The van der Waals surface area contributed by atoms with Crippen molar-refractivity contribution in [1.82, 2.24) is 25.0 Å². The lowest BCUT2D eigenvalue weighted by Gasteiger charge is -2.35. The zero-order valence-corrected chi connectivity index (χ0v) is 22.4. The molecule has 2 saturated heterocycles. The van der Waals surface area contributed by atoms with E-state index in [1.54, 1.807) is 39.8 Å². The molecular weight excluding hydrogens is 502 g/mol. The van der Waals surface area contributed by atoms with Crippen LogP contribution in [-0.4, -0.2) is 95.9 Å². The molecule has 2 fully saturated rings. The summed E-state index contributed by atoms with van der Waals surface area (Å²) >= 11 is 0. The Hall–Kier alpha value is -4.15. The van der Waals surface area contributed by atoms with Crippen LogP contribution in [0, 0.1) is 6.92 Å². The molecule has 4 heterocycles. The summed E-state index contributed by atoms with van der Waals surface area (Å²) in [6.07, 6.45) is 5.38. The Kier molecular flexibility index (Phi) is 9.35. The molecule has 2 aromatic heterocycles. The quantitative estimate of drug-likeness (QED) is 0.538. The van der Waals surface area contributed by atoms with Gasteiger partial charge in [0.05, 0.1) is 30.7 Å². The number of nitrogens with one attached hydrogen (secondary N) is 1. The second-order valence-electron chi connectivity index (χ2n) is 9.59. The number of carbonyl (C=O) groups excluding carboxylic acids is 4. The van der Waals surface area contributed by atoms with Gasteiger partial charge in [0.15, 0.2) is 0 Å². The zero-order chi connectivity index (χ0) is 27.8. The van der Waals surface area contributed by atoms with Crippen molar-refractivity contribution in [3.63, 3.8) is 0 Å². The Labute approximate surface area is 227 Å². The maximum Gasteiger partial charge on any atom is 0.409 e. The van der Waals surface area contributed by atoms with E-state index in [2.05, 4.69) is 5.32 Å². The molecule has 0 saturated carbocycles. The number of aromatic nitrogens is 1. The van der Waals surface area contributed by atoms with Crippen LogP contribution in [0.15, 0.2) is 41.0 Å². The highest BCUT2D eigenvalue weighted by Crippen LogP contribution is 2.30. The molecule has 0 bridgehead atoms. The van der Waals surface area contributed by atoms with Crippen LogP contribution < -0.4 is 5.32 Å². The van der Waals surface area contributed by atoms with E-state index in [0.29, 0.717) is 70.0 Å². The first kappa shape index (κ1) is 27.9. The Balaban J connectivity index is 1.31. The largest absolute Gasteiger partial charge is 0.465 e. The fourth-order valence-corrected chi connectivity index (χ4v) is 4.83. The molecule has 0 unspecified atom stereocenters. The molecule has 0 aliphatic carbocycles. The number of carbonyl (C=O) groups is 4. The Bertz CT molecular complexity index is 1200. The number of piperidine rings is 1. The van der Waals surface area contributed by atoms with Crippen molar-refractivity contribution >= 4 is 29.9 Å². The minimum atomic E-state index is -0.371. The number of nitrogens with zero attached hydrogens (tertiary/aromatic N) is 4. The van der Waals surface area contributed by atoms with E-state index >= 15 is 0 Å². The van der Waals surface area contributed by atoms with Crippen molar-refractivity contribution < 1.29 is 28.3 Å². The van der Waals surface area contributed by atoms with Gasteiger partial charge in [-0.25, -0.2) is 4.79 Å². The molecule has 2 aliphatic rings. The van der Waals surface area contributed by atoms with Crippen LogP contribution in [0.1, 0.15) is 53.2 Å². The number of ether oxygens (including phenoxy) is 1. The summed E-state index contributed by atoms with van der Waals surface area (Å²) in [4.78, 5) is 60.0. The molecule has 2 aromatic rings. The lowest BCUT2D eigenvalue weighted by molar-refractivity contribution is -0.133. The molecule has 0 atom stereocenters. The average Bonchev–Trinajstić information content (AvgIpc) is 3.48. The summed E-state index contributed by atoms with van der Waals surface area (Å²) in [5.41, 5.74) is 2.17. The summed E-state index contributed by atoms with van der Waals surface area (Å²) < 4.78 is 10.2. The number of hydrogen-bond acceptors (Lipinski definition) is 7. The Morgan fingerprint density at radius 1 is 1.03 bits per heavy atom. The van der Waals surface area contributed by atoms with Gasteiger partial charge in [0.1, 0.15) is 5.76 Å². The summed E-state index contributed by atoms with van der Waals surface area (Å²) in [7, 11) is 0. The molecule has 4 amide bonds. The number of aryl methyl sites for hydroxylation is 1. The molecule has 11 heteroatoms. The van der Waals surface area contributed by atoms with Crippen LogP contribution in [0.3, 0.4) is 0 Å². The number of rotatable bonds is 7. The van der Waals surface area contributed by atoms with E-state index in [9.17, 15) is 19.2 Å². The van der Waals surface area contributed by atoms with Crippen molar-refractivity contribution in [2.24, 2.45) is 0 Å². The van der Waals surface area contributed by atoms with Gasteiger partial charge in [-0.05, 0) is 57.0 Å². The summed E-state index contributed by atoms with van der Waals surface area (Å²) in [6.45, 7) is 6.65. The summed E-state index contributed by atoms with van der Waals surface area (Å²) in [5.74, 6) is -0.0181. The van der Waals surface area contributed by atoms with E-state index in [1.807, 2.05) is 19.1 Å². The highest BCUT2D eigenvalue weighted by atomic mass is 16.6. The zero-order valence-electron chi connectivity index (χ0n) is 22.4. The van der Waals surface area contributed by atoms with Crippen LogP contribution in [-0.2, 0) is 14.3 Å². The van der Waals surface area contributed by atoms with Gasteiger partial charge < -0.3 is 29.2 Å². The van der Waals surface area contributed by atoms with Crippen molar-refractivity contribution in [3.05, 3.63) is 59.3 Å². The third-order valence-corrected chi connectivity index (χ3v) is 6.98. The monoisotopic (exact) mass is 537 g/mol. The van der Waals surface area contributed by atoms with E-state index in [-0.39, 0.29) is 36.3 Å². The third-order valence-electron chi connectivity index (χ3n) is 6.98. The van der Waals surface area contributed by atoms with Gasteiger partial charge in [-0.15, -0.1) is 0 Å². The number of furan rings is 1. The molecule has 39 heavy (non-hydrogen) atoms. The van der Waals surface area contributed by atoms with Crippen molar-refractivity contribution in [3.8, 4) is 0 Å². The number of pyridine rings is 1. The Morgan fingerprint density at radius 3 is 2.41 bits per heavy atom. The topological polar surface area (TPSA) is 125 Å². The van der Waals surface area contributed by atoms with Gasteiger partial charge in [-0.3, -0.25) is 19.4 Å². The van der Waals surface area contributed by atoms with Gasteiger partial charge in [0, 0.05) is 57.0 Å². The fourth-order valence-electron chi connectivity index (χ4n) is 4.83. The molecule has 0 aromatic carbocycles. The van der Waals surface area contributed by atoms with Gasteiger partial charge in [-0.1, -0.05) is 0 Å². The normalized spacial score (nSPS) is 16.4. The van der Waals surface area contributed by atoms with Crippen molar-refractivity contribution in [2.45, 2.75) is 32.6 Å². The van der Waals surface area contributed by atoms with E-state index in [4.69, 9.17) is 14.1 Å². The molecule has 11 nitrogen and oxygen atoms in total. The second kappa shape index (κ2) is 13.1. The highest BCUT2D eigenvalue weighted by molar-refractivity contribution is 5.96. The predicted molar refractivity (Wildman–Crippen MR) is 143 cm³/mol. The minimum Gasteiger partial charge on any atom is -0.465 e. The predicted octanol–water partition coefficient (Wildman–Crippen LogP) is 2.43. The minimum absolute atomic E-state index is 0.0412.